The number of ether oxygens (including phenoxy) is 1. The Bertz CT molecular complexity index is 604. The largest absolute Gasteiger partial charge is 0.481 e. The first kappa shape index (κ1) is 43.9. The molecule has 0 aromatic rings. The number of carboxylic acids is 1. The van der Waals surface area contributed by atoms with E-state index in [1.807, 2.05) is 0 Å². The van der Waals surface area contributed by atoms with Crippen LogP contribution in [0.25, 0.3) is 0 Å². The van der Waals surface area contributed by atoms with Gasteiger partial charge in [0, 0.05) is 12.8 Å². The Morgan fingerprint density at radius 1 is 0.422 bits per heavy atom. The average Bonchev–Trinajstić information content (AvgIpc) is 3.01. The van der Waals surface area contributed by atoms with Crippen molar-refractivity contribution in [3.05, 3.63) is 0 Å². The summed E-state index contributed by atoms with van der Waals surface area (Å²) in [5.74, 6) is -0.668. The number of hydrogen-bond acceptors (Lipinski definition) is 3. The second-order valence-corrected chi connectivity index (χ2v) is 14.3. The molecule has 0 fully saturated rings. The number of carbonyl (C=O) groups is 2. The fourth-order valence-electron chi connectivity index (χ4n) is 6.52. The molecule has 0 aromatic heterocycles. The summed E-state index contributed by atoms with van der Waals surface area (Å²) in [6.07, 6.45) is 45.5. The number of aliphatic carboxylic acids is 1. The summed E-state index contributed by atoms with van der Waals surface area (Å²) >= 11 is 0. The molecule has 0 bridgehead atoms. The van der Waals surface area contributed by atoms with Gasteiger partial charge in [-0.15, -0.1) is 0 Å². The third kappa shape index (κ3) is 39.0. The first-order valence-corrected chi connectivity index (χ1v) is 20.5. The predicted molar refractivity (Wildman–Crippen MR) is 195 cm³/mol. The Morgan fingerprint density at radius 2 is 0.689 bits per heavy atom. The van der Waals surface area contributed by atoms with Crippen molar-refractivity contribution in [2.45, 2.75) is 251 Å². The molecular weight excluding hydrogens is 556 g/mol. The first-order chi connectivity index (χ1) is 22.1. The Labute approximate surface area is 282 Å². The molecule has 0 aliphatic heterocycles. The predicted octanol–water partition coefficient (Wildman–Crippen LogP) is 14.1. The highest BCUT2D eigenvalue weighted by Crippen LogP contribution is 2.17. The summed E-state index contributed by atoms with van der Waals surface area (Å²) in [7, 11) is 0. The normalized spacial score (nSPS) is 12.0. The van der Waals surface area contributed by atoms with Crippen molar-refractivity contribution in [2.24, 2.45) is 0 Å². The summed E-state index contributed by atoms with van der Waals surface area (Å²) in [5, 5.41) is 8.65. The number of carboxylic acid groups (broad SMARTS) is 1. The van der Waals surface area contributed by atoms with Crippen LogP contribution in [0.1, 0.15) is 245 Å². The Hall–Kier alpha value is -1.06. The van der Waals surface area contributed by atoms with Crippen LogP contribution in [-0.2, 0) is 14.3 Å². The molecule has 45 heavy (non-hydrogen) atoms. The Morgan fingerprint density at radius 3 is 1.00 bits per heavy atom. The number of carbonyl (C=O) groups excluding carboxylic acids is 1. The van der Waals surface area contributed by atoms with Gasteiger partial charge >= 0.3 is 11.9 Å². The Kier molecular flexibility index (Phi) is 36.5. The molecule has 0 saturated carbocycles. The van der Waals surface area contributed by atoms with E-state index in [9.17, 15) is 9.59 Å². The lowest BCUT2D eigenvalue weighted by Gasteiger charge is -2.13. The highest BCUT2D eigenvalue weighted by Gasteiger charge is 2.09. The molecule has 1 unspecified atom stereocenters. The van der Waals surface area contributed by atoms with E-state index in [1.165, 1.54) is 180 Å². The molecule has 0 radical (unpaired) electrons. The van der Waals surface area contributed by atoms with Gasteiger partial charge in [-0.2, -0.15) is 0 Å². The zero-order valence-corrected chi connectivity index (χ0v) is 30.7. The maximum atomic E-state index is 12.2. The average molecular weight is 637 g/mol. The van der Waals surface area contributed by atoms with Crippen molar-refractivity contribution in [1.29, 1.82) is 0 Å². The van der Waals surface area contributed by atoms with Gasteiger partial charge in [-0.05, 0) is 32.6 Å². The molecule has 0 saturated heterocycles. The summed E-state index contributed by atoms with van der Waals surface area (Å²) in [6.45, 7) is 4.35. The van der Waals surface area contributed by atoms with E-state index in [-0.39, 0.29) is 12.1 Å². The van der Waals surface area contributed by atoms with Gasteiger partial charge in [0.25, 0.3) is 0 Å². The molecule has 1 atom stereocenters. The maximum absolute atomic E-state index is 12.2. The van der Waals surface area contributed by atoms with E-state index in [0.717, 1.165) is 38.5 Å². The van der Waals surface area contributed by atoms with E-state index in [2.05, 4.69) is 13.8 Å². The zero-order valence-electron chi connectivity index (χ0n) is 30.7. The van der Waals surface area contributed by atoms with Gasteiger partial charge in [0.1, 0.15) is 0 Å². The van der Waals surface area contributed by atoms with Crippen LogP contribution >= 0.6 is 0 Å². The lowest BCUT2D eigenvalue weighted by atomic mass is 10.0. The van der Waals surface area contributed by atoms with Crippen molar-refractivity contribution in [3.63, 3.8) is 0 Å². The molecule has 268 valence electrons. The van der Waals surface area contributed by atoms with Crippen molar-refractivity contribution < 1.29 is 19.4 Å². The molecular formula is C41H80O4. The molecule has 0 aromatic carbocycles. The summed E-state index contributed by atoms with van der Waals surface area (Å²) in [5.41, 5.74) is 0. The van der Waals surface area contributed by atoms with Crippen molar-refractivity contribution in [1.82, 2.24) is 0 Å². The van der Waals surface area contributed by atoms with Crippen LogP contribution < -0.4 is 0 Å². The van der Waals surface area contributed by atoms with Crippen LogP contribution in [0, 0.1) is 0 Å². The number of hydrogen-bond donors (Lipinski definition) is 1. The van der Waals surface area contributed by atoms with Crippen molar-refractivity contribution in [3.8, 4) is 0 Å². The van der Waals surface area contributed by atoms with E-state index in [4.69, 9.17) is 9.84 Å². The zero-order chi connectivity index (χ0) is 32.9. The van der Waals surface area contributed by atoms with Gasteiger partial charge in [-0.3, -0.25) is 9.59 Å². The van der Waals surface area contributed by atoms with E-state index < -0.39 is 5.97 Å². The summed E-state index contributed by atoms with van der Waals surface area (Å²) in [6, 6.07) is 0. The molecule has 0 spiro atoms. The fourth-order valence-corrected chi connectivity index (χ4v) is 6.52. The molecule has 0 rings (SSSR count). The van der Waals surface area contributed by atoms with Gasteiger partial charge in [0.15, 0.2) is 0 Å². The monoisotopic (exact) mass is 637 g/mol. The highest BCUT2D eigenvalue weighted by atomic mass is 16.5. The van der Waals surface area contributed by atoms with Crippen molar-refractivity contribution >= 4 is 11.9 Å². The SMILES string of the molecule is CCCCCCCCCCCCCCCCCCCCCCCC(=O)OC(C)CCCCCCCCCCCCCCC(=O)O. The summed E-state index contributed by atoms with van der Waals surface area (Å²) < 4.78 is 5.64. The van der Waals surface area contributed by atoms with Crippen LogP contribution in [-0.4, -0.2) is 23.1 Å². The molecule has 0 heterocycles. The standard InChI is InChI=1S/C41H80O4/c1-3-4-5-6-7-8-9-10-11-12-13-14-15-16-17-18-23-26-29-32-35-38-41(44)45-39(2)36-33-30-27-24-21-19-20-22-25-28-31-34-37-40(42)43/h39H,3-38H2,1-2H3,(H,42,43). The second kappa shape index (κ2) is 37.4. The molecule has 0 aliphatic rings. The van der Waals surface area contributed by atoms with Crippen molar-refractivity contribution in [2.75, 3.05) is 0 Å². The molecule has 1 N–H and O–H groups in total. The number of esters is 1. The fraction of sp³-hybridized carbons (Fsp3) is 0.951. The summed E-state index contributed by atoms with van der Waals surface area (Å²) in [4.78, 5) is 22.7. The number of unbranched alkanes of at least 4 members (excludes halogenated alkanes) is 31. The van der Waals surface area contributed by atoms with Gasteiger partial charge in [-0.25, -0.2) is 0 Å². The van der Waals surface area contributed by atoms with Crippen LogP contribution in [0.15, 0.2) is 0 Å². The van der Waals surface area contributed by atoms with Gasteiger partial charge < -0.3 is 9.84 Å². The smallest absolute Gasteiger partial charge is 0.306 e. The third-order valence-electron chi connectivity index (χ3n) is 9.57. The van der Waals surface area contributed by atoms with Gasteiger partial charge in [-0.1, -0.05) is 200 Å². The number of rotatable bonds is 38. The van der Waals surface area contributed by atoms with E-state index >= 15 is 0 Å². The minimum Gasteiger partial charge on any atom is -0.481 e. The van der Waals surface area contributed by atoms with Gasteiger partial charge in [0.05, 0.1) is 6.10 Å². The molecule has 0 aliphatic carbocycles. The minimum absolute atomic E-state index is 0.00203. The first-order valence-electron chi connectivity index (χ1n) is 20.5. The molecule has 4 heteroatoms. The lowest BCUT2D eigenvalue weighted by Crippen LogP contribution is -2.14. The molecule has 0 amide bonds. The highest BCUT2D eigenvalue weighted by molar-refractivity contribution is 5.69. The topological polar surface area (TPSA) is 63.6 Å². The molecule has 4 nitrogen and oxygen atoms in total. The van der Waals surface area contributed by atoms with E-state index in [1.54, 1.807) is 0 Å². The van der Waals surface area contributed by atoms with Crippen LogP contribution in [0.5, 0.6) is 0 Å². The minimum atomic E-state index is -0.670. The Balaban J connectivity index is 3.26. The third-order valence-corrected chi connectivity index (χ3v) is 9.57. The van der Waals surface area contributed by atoms with E-state index in [0.29, 0.717) is 12.8 Å². The quantitative estimate of drug-likeness (QED) is 0.0541. The second-order valence-electron chi connectivity index (χ2n) is 14.3. The van der Waals surface area contributed by atoms with Crippen LogP contribution in [0.2, 0.25) is 0 Å². The van der Waals surface area contributed by atoms with Crippen LogP contribution in [0.3, 0.4) is 0 Å². The van der Waals surface area contributed by atoms with Gasteiger partial charge in [0.2, 0.25) is 0 Å². The lowest BCUT2D eigenvalue weighted by molar-refractivity contribution is -0.148. The van der Waals surface area contributed by atoms with Crippen LogP contribution in [0.4, 0.5) is 0 Å². The maximum Gasteiger partial charge on any atom is 0.306 e.